The number of hydrogen-bond acceptors (Lipinski definition) is 1. The van der Waals surface area contributed by atoms with Crippen molar-refractivity contribution in [3.8, 4) is 0 Å². The van der Waals surface area contributed by atoms with Crippen LogP contribution in [0.1, 0.15) is 210 Å². The Morgan fingerprint density at radius 1 is 0.429 bits per heavy atom. The molecule has 0 aliphatic carbocycles. The number of rotatable bonds is 30. The lowest BCUT2D eigenvalue weighted by molar-refractivity contribution is -0.136. The molecule has 0 saturated heterocycles. The fraction of sp³-hybridized carbons (Fsp3) is 0.825. The Kier molecular flexibility index (Phi) is 25.1. The Morgan fingerprint density at radius 2 is 0.738 bits per heavy atom. The molecule has 0 aliphatic rings. The molecule has 0 aliphatic heterocycles. The van der Waals surface area contributed by atoms with Gasteiger partial charge in [0.2, 0.25) is 0 Å². The van der Waals surface area contributed by atoms with Gasteiger partial charge in [-0.25, -0.2) is 0 Å². The van der Waals surface area contributed by atoms with Crippen LogP contribution in [0.5, 0.6) is 0 Å². The van der Waals surface area contributed by atoms with Crippen molar-refractivity contribution in [3.05, 3.63) is 33.9 Å². The highest BCUT2D eigenvalue weighted by Crippen LogP contribution is 2.31. The number of benzene rings is 1. The second kappa shape index (κ2) is 27.3. The molecular formula is C40H72O2. The number of carbonyl (C=O) groups is 1. The Morgan fingerprint density at radius 3 is 1.12 bits per heavy atom. The average Bonchev–Trinajstić information content (AvgIpc) is 2.97. The van der Waals surface area contributed by atoms with E-state index in [2.05, 4.69) is 33.8 Å². The molecule has 0 atom stereocenters. The first kappa shape index (κ1) is 38.7. The first-order valence-electron chi connectivity index (χ1n) is 19.0. The second-order valence-corrected chi connectivity index (χ2v) is 13.3. The van der Waals surface area contributed by atoms with Gasteiger partial charge >= 0.3 is 5.97 Å². The van der Waals surface area contributed by atoms with Crippen molar-refractivity contribution >= 4 is 5.97 Å². The van der Waals surface area contributed by atoms with Crippen LogP contribution in [0.25, 0.3) is 0 Å². The molecule has 0 radical (unpaired) electrons. The monoisotopic (exact) mass is 585 g/mol. The van der Waals surface area contributed by atoms with Gasteiger partial charge in [-0.2, -0.15) is 0 Å². The lowest BCUT2D eigenvalue weighted by Crippen LogP contribution is -2.13. The van der Waals surface area contributed by atoms with Gasteiger partial charge in [-0.1, -0.05) is 162 Å². The van der Waals surface area contributed by atoms with Crippen LogP contribution in [0, 0.1) is 0 Å². The highest BCUT2D eigenvalue weighted by atomic mass is 16.4. The number of aryl methyl sites for hydroxylation is 1. The van der Waals surface area contributed by atoms with E-state index in [0.717, 1.165) is 24.8 Å². The zero-order chi connectivity index (χ0) is 30.7. The first-order valence-corrected chi connectivity index (χ1v) is 19.0. The first-order chi connectivity index (χ1) is 20.6. The van der Waals surface area contributed by atoms with Gasteiger partial charge in [-0.05, 0) is 79.2 Å². The van der Waals surface area contributed by atoms with E-state index in [1.54, 1.807) is 11.1 Å². The Bertz CT molecular complexity index is 780. The number of carboxylic acids is 1. The van der Waals surface area contributed by atoms with Crippen LogP contribution in [0.4, 0.5) is 0 Å². The minimum absolute atomic E-state index is 0.190. The van der Waals surface area contributed by atoms with Crippen LogP contribution in [-0.2, 0) is 36.9 Å². The molecule has 244 valence electrons. The maximum Gasteiger partial charge on any atom is 0.307 e. The summed E-state index contributed by atoms with van der Waals surface area (Å²) in [6.45, 7) is 9.16. The van der Waals surface area contributed by atoms with Gasteiger partial charge in [0.05, 0.1) is 6.42 Å². The van der Waals surface area contributed by atoms with E-state index >= 15 is 0 Å². The third-order valence-electron chi connectivity index (χ3n) is 9.33. The van der Waals surface area contributed by atoms with Gasteiger partial charge in [0.1, 0.15) is 0 Å². The van der Waals surface area contributed by atoms with Crippen LogP contribution in [-0.4, -0.2) is 11.1 Å². The topological polar surface area (TPSA) is 37.3 Å². The summed E-state index contributed by atoms with van der Waals surface area (Å²) in [4.78, 5) is 12.1. The van der Waals surface area contributed by atoms with E-state index in [4.69, 9.17) is 0 Å². The maximum absolute atomic E-state index is 12.1. The average molecular weight is 585 g/mol. The van der Waals surface area contributed by atoms with Crippen molar-refractivity contribution in [1.82, 2.24) is 0 Å². The molecule has 2 heteroatoms. The largest absolute Gasteiger partial charge is 0.481 e. The van der Waals surface area contributed by atoms with E-state index in [-0.39, 0.29) is 6.42 Å². The fourth-order valence-electron chi connectivity index (χ4n) is 6.76. The predicted octanol–water partition coefficient (Wildman–Crippen LogP) is 12.9. The molecule has 2 nitrogen and oxygen atoms in total. The summed E-state index contributed by atoms with van der Waals surface area (Å²) >= 11 is 0. The van der Waals surface area contributed by atoms with E-state index in [1.165, 1.54) is 172 Å². The molecule has 0 spiro atoms. The fourth-order valence-corrected chi connectivity index (χ4v) is 6.76. The van der Waals surface area contributed by atoms with Crippen molar-refractivity contribution in [2.24, 2.45) is 0 Å². The molecule has 0 aromatic heterocycles. The molecular weight excluding hydrogens is 512 g/mol. The standard InChI is InChI=1S/C40H72O2/c1-5-9-13-17-21-25-29-35-33-36(34-40(41)42)38(31-27-23-19-15-11-7-3)39(32-28-24-20-16-12-8-4)37(35)30-26-22-18-14-10-6-2/h33H,5-32,34H2,1-4H3,(H,41,42). The van der Waals surface area contributed by atoms with E-state index in [9.17, 15) is 9.90 Å². The molecule has 1 aromatic rings. The molecule has 0 unspecified atom stereocenters. The van der Waals surface area contributed by atoms with Gasteiger partial charge in [0.25, 0.3) is 0 Å². The van der Waals surface area contributed by atoms with Crippen molar-refractivity contribution in [3.63, 3.8) is 0 Å². The van der Waals surface area contributed by atoms with Crippen molar-refractivity contribution in [1.29, 1.82) is 0 Å². The normalized spacial score (nSPS) is 11.4. The molecule has 42 heavy (non-hydrogen) atoms. The van der Waals surface area contributed by atoms with Crippen LogP contribution < -0.4 is 0 Å². The molecule has 1 rings (SSSR count). The Hall–Kier alpha value is -1.31. The van der Waals surface area contributed by atoms with Crippen molar-refractivity contribution in [2.75, 3.05) is 0 Å². The van der Waals surface area contributed by atoms with Crippen LogP contribution in [0.3, 0.4) is 0 Å². The second-order valence-electron chi connectivity index (χ2n) is 13.3. The SMILES string of the molecule is CCCCCCCCc1cc(CC(=O)O)c(CCCCCCCC)c(CCCCCCCC)c1CCCCCCCC. The van der Waals surface area contributed by atoms with Crippen LogP contribution in [0.15, 0.2) is 6.07 Å². The summed E-state index contributed by atoms with van der Waals surface area (Å²) in [5.74, 6) is -0.668. The van der Waals surface area contributed by atoms with E-state index in [1.807, 2.05) is 0 Å². The number of aliphatic carboxylic acids is 1. The van der Waals surface area contributed by atoms with Gasteiger partial charge in [-0.3, -0.25) is 4.79 Å². The summed E-state index contributed by atoms with van der Waals surface area (Å²) in [7, 11) is 0. The zero-order valence-electron chi connectivity index (χ0n) is 28.9. The Labute approximate surface area is 263 Å². The van der Waals surface area contributed by atoms with Gasteiger partial charge in [-0.15, -0.1) is 0 Å². The summed E-state index contributed by atoms with van der Waals surface area (Å²) in [6, 6.07) is 2.38. The van der Waals surface area contributed by atoms with E-state index < -0.39 is 5.97 Å². The molecule has 0 heterocycles. The molecule has 1 aromatic carbocycles. The summed E-state index contributed by atoms with van der Waals surface area (Å²) in [5, 5.41) is 9.95. The van der Waals surface area contributed by atoms with Crippen molar-refractivity contribution in [2.45, 2.75) is 214 Å². The molecule has 0 fully saturated rings. The highest BCUT2D eigenvalue weighted by molar-refractivity contribution is 5.71. The van der Waals surface area contributed by atoms with Crippen LogP contribution in [0.2, 0.25) is 0 Å². The lowest BCUT2D eigenvalue weighted by Gasteiger charge is -2.23. The number of hydrogen-bond donors (Lipinski definition) is 1. The summed E-state index contributed by atoms with van der Waals surface area (Å²) in [6.07, 6.45) is 36.3. The number of carboxylic acid groups (broad SMARTS) is 1. The predicted molar refractivity (Wildman–Crippen MR) is 186 cm³/mol. The summed E-state index contributed by atoms with van der Waals surface area (Å²) < 4.78 is 0. The third-order valence-corrected chi connectivity index (χ3v) is 9.33. The molecule has 0 bridgehead atoms. The number of unbranched alkanes of at least 4 members (excludes halogenated alkanes) is 20. The van der Waals surface area contributed by atoms with E-state index in [0.29, 0.717) is 0 Å². The zero-order valence-corrected chi connectivity index (χ0v) is 28.9. The Balaban J connectivity index is 3.27. The lowest BCUT2D eigenvalue weighted by atomic mass is 9.82. The third kappa shape index (κ3) is 18.4. The molecule has 0 saturated carbocycles. The smallest absolute Gasteiger partial charge is 0.307 e. The van der Waals surface area contributed by atoms with Crippen molar-refractivity contribution < 1.29 is 9.90 Å². The van der Waals surface area contributed by atoms with Gasteiger partial charge in [0.15, 0.2) is 0 Å². The van der Waals surface area contributed by atoms with Gasteiger partial charge < -0.3 is 5.11 Å². The van der Waals surface area contributed by atoms with Gasteiger partial charge in [0, 0.05) is 0 Å². The van der Waals surface area contributed by atoms with Crippen LogP contribution >= 0.6 is 0 Å². The molecule has 0 amide bonds. The maximum atomic E-state index is 12.1. The quantitative estimate of drug-likeness (QED) is 0.0913. The minimum atomic E-state index is -0.668. The molecule has 1 N–H and O–H groups in total. The highest BCUT2D eigenvalue weighted by Gasteiger charge is 2.19. The minimum Gasteiger partial charge on any atom is -0.481 e. The summed E-state index contributed by atoms with van der Waals surface area (Å²) in [5.41, 5.74) is 7.32.